The van der Waals surface area contributed by atoms with Crippen LogP contribution in [0.3, 0.4) is 0 Å². The Bertz CT molecular complexity index is 189. The Labute approximate surface area is 91.6 Å². The third kappa shape index (κ3) is 3.44. The van der Waals surface area contributed by atoms with E-state index in [1.165, 1.54) is 0 Å². The summed E-state index contributed by atoms with van der Waals surface area (Å²) in [5.74, 6) is 0.0934. The van der Waals surface area contributed by atoms with Crippen LogP contribution in [0, 0.1) is 0 Å². The second kappa shape index (κ2) is 6.22. The normalized spacial score (nSPS) is 23.9. The maximum Gasteiger partial charge on any atom is 0.239 e. The average molecular weight is 222 g/mol. The number of nitrogens with one attached hydrogen (secondary N) is 1. The Morgan fingerprint density at radius 2 is 2.36 bits per heavy atom. The van der Waals surface area contributed by atoms with Crippen molar-refractivity contribution in [2.24, 2.45) is 5.73 Å². The summed E-state index contributed by atoms with van der Waals surface area (Å²) in [4.78, 5) is 13.5. The maximum atomic E-state index is 11.6. The molecule has 5 heteroatoms. The quantitative estimate of drug-likeness (QED) is 0.689. The van der Waals surface area contributed by atoms with E-state index in [9.17, 15) is 4.79 Å². The second-order valence-corrected chi connectivity index (χ2v) is 3.65. The van der Waals surface area contributed by atoms with Gasteiger partial charge in [0.05, 0.1) is 6.04 Å². The molecule has 4 nitrogen and oxygen atoms in total. The minimum absolute atomic E-state index is 0. The molecule has 0 aromatic rings. The van der Waals surface area contributed by atoms with E-state index in [1.54, 1.807) is 0 Å². The molecule has 0 saturated carbocycles. The Morgan fingerprint density at radius 1 is 1.71 bits per heavy atom. The lowest BCUT2D eigenvalue weighted by Gasteiger charge is -2.33. The van der Waals surface area contributed by atoms with E-state index in [0.29, 0.717) is 6.04 Å². The van der Waals surface area contributed by atoms with Gasteiger partial charge in [0.2, 0.25) is 5.91 Å². The Morgan fingerprint density at radius 3 is 2.86 bits per heavy atom. The molecule has 1 aliphatic rings. The molecule has 1 saturated heterocycles. The summed E-state index contributed by atoms with van der Waals surface area (Å²) in [7, 11) is 0. The summed E-state index contributed by atoms with van der Waals surface area (Å²) in [6.07, 6.45) is 0.719. The number of hydrogen-bond donors (Lipinski definition) is 2. The van der Waals surface area contributed by atoms with E-state index in [-0.39, 0.29) is 24.4 Å². The lowest BCUT2D eigenvalue weighted by molar-refractivity contribution is -0.133. The van der Waals surface area contributed by atoms with Gasteiger partial charge in [-0.05, 0) is 13.3 Å². The number of nitrogens with two attached hydrogens (primary N) is 1. The highest BCUT2D eigenvalue weighted by molar-refractivity contribution is 5.85. The number of hydrogen-bond acceptors (Lipinski definition) is 3. The summed E-state index contributed by atoms with van der Waals surface area (Å²) in [5.41, 5.74) is 5.68. The van der Waals surface area contributed by atoms with Crippen LogP contribution in [0.1, 0.15) is 20.3 Å². The summed E-state index contributed by atoms with van der Waals surface area (Å²) in [5, 5.41) is 3.29. The van der Waals surface area contributed by atoms with Crippen molar-refractivity contribution in [3.8, 4) is 0 Å². The molecule has 0 aromatic heterocycles. The van der Waals surface area contributed by atoms with Crippen LogP contribution < -0.4 is 11.1 Å². The number of halogens is 1. The molecule has 1 amide bonds. The molecular formula is C9H20ClN3O. The van der Waals surface area contributed by atoms with Gasteiger partial charge in [-0.1, -0.05) is 6.92 Å². The monoisotopic (exact) mass is 221 g/mol. The van der Waals surface area contributed by atoms with Crippen molar-refractivity contribution in [3.05, 3.63) is 0 Å². The van der Waals surface area contributed by atoms with Crippen LogP contribution in [0.2, 0.25) is 0 Å². The molecule has 0 bridgehead atoms. The van der Waals surface area contributed by atoms with Gasteiger partial charge in [0.15, 0.2) is 0 Å². The first-order valence-corrected chi connectivity index (χ1v) is 4.93. The van der Waals surface area contributed by atoms with Crippen molar-refractivity contribution in [2.45, 2.75) is 32.4 Å². The van der Waals surface area contributed by atoms with Crippen molar-refractivity contribution >= 4 is 18.3 Å². The molecule has 1 heterocycles. The van der Waals surface area contributed by atoms with Crippen LogP contribution in [0.15, 0.2) is 0 Å². The van der Waals surface area contributed by atoms with Crippen LogP contribution >= 0.6 is 12.4 Å². The van der Waals surface area contributed by atoms with Crippen molar-refractivity contribution in [1.29, 1.82) is 0 Å². The van der Waals surface area contributed by atoms with Crippen LogP contribution in [0.4, 0.5) is 0 Å². The highest BCUT2D eigenvalue weighted by Gasteiger charge is 2.23. The molecule has 14 heavy (non-hydrogen) atoms. The van der Waals surface area contributed by atoms with Crippen molar-refractivity contribution < 1.29 is 4.79 Å². The summed E-state index contributed by atoms with van der Waals surface area (Å²) in [6, 6.07) is 0.0760. The molecule has 0 aliphatic carbocycles. The number of nitrogens with zero attached hydrogens (tertiary/aromatic N) is 1. The fourth-order valence-corrected chi connectivity index (χ4v) is 1.54. The van der Waals surface area contributed by atoms with Gasteiger partial charge in [0, 0.05) is 25.7 Å². The van der Waals surface area contributed by atoms with Crippen molar-refractivity contribution in [3.63, 3.8) is 0 Å². The molecule has 3 N–H and O–H groups in total. The number of rotatable bonds is 2. The van der Waals surface area contributed by atoms with Gasteiger partial charge in [0.25, 0.3) is 0 Å². The molecule has 0 aromatic carbocycles. The second-order valence-electron chi connectivity index (χ2n) is 3.65. The Hall–Kier alpha value is -0.320. The van der Waals surface area contributed by atoms with E-state index < -0.39 is 0 Å². The largest absolute Gasteiger partial charge is 0.339 e. The molecular weight excluding hydrogens is 202 g/mol. The van der Waals surface area contributed by atoms with Gasteiger partial charge in [-0.3, -0.25) is 4.79 Å². The van der Waals surface area contributed by atoms with Crippen molar-refractivity contribution in [2.75, 3.05) is 19.6 Å². The highest BCUT2D eigenvalue weighted by Crippen LogP contribution is 2.02. The maximum absolute atomic E-state index is 11.6. The van der Waals surface area contributed by atoms with Gasteiger partial charge in [-0.2, -0.15) is 0 Å². The zero-order valence-corrected chi connectivity index (χ0v) is 9.64. The Balaban J connectivity index is 0.00000169. The topological polar surface area (TPSA) is 58.4 Å². The smallest absolute Gasteiger partial charge is 0.239 e. The van der Waals surface area contributed by atoms with Crippen molar-refractivity contribution in [1.82, 2.24) is 10.2 Å². The predicted octanol–water partition coefficient (Wildman–Crippen LogP) is -0.0342. The van der Waals surface area contributed by atoms with Crippen LogP contribution in [0.5, 0.6) is 0 Å². The zero-order chi connectivity index (χ0) is 9.84. The summed E-state index contributed by atoms with van der Waals surface area (Å²) in [6.45, 7) is 6.47. The van der Waals surface area contributed by atoms with Crippen LogP contribution in [-0.2, 0) is 4.79 Å². The third-order valence-corrected chi connectivity index (χ3v) is 2.44. The minimum Gasteiger partial charge on any atom is -0.339 e. The van der Waals surface area contributed by atoms with E-state index in [2.05, 4.69) is 12.2 Å². The Kier molecular flexibility index (Phi) is 6.08. The van der Waals surface area contributed by atoms with E-state index >= 15 is 0 Å². The first-order valence-electron chi connectivity index (χ1n) is 4.93. The first kappa shape index (κ1) is 13.7. The molecule has 1 fully saturated rings. The molecule has 0 spiro atoms. The van der Waals surface area contributed by atoms with E-state index in [1.807, 2.05) is 11.8 Å². The predicted molar refractivity (Wildman–Crippen MR) is 59.6 cm³/mol. The molecule has 1 rings (SSSR count). The number of carbonyl (C=O) groups excluding carboxylic acids is 1. The average Bonchev–Trinajstić information content (AvgIpc) is 2.15. The lowest BCUT2D eigenvalue weighted by atomic mass is 10.1. The molecule has 1 aliphatic heterocycles. The molecule has 1 unspecified atom stereocenters. The summed E-state index contributed by atoms with van der Waals surface area (Å²) >= 11 is 0. The lowest BCUT2D eigenvalue weighted by Crippen LogP contribution is -2.55. The fraction of sp³-hybridized carbons (Fsp3) is 0.889. The van der Waals surface area contributed by atoms with Gasteiger partial charge in [-0.15, -0.1) is 12.4 Å². The van der Waals surface area contributed by atoms with E-state index in [4.69, 9.17) is 5.73 Å². The molecule has 0 radical (unpaired) electrons. The van der Waals surface area contributed by atoms with Gasteiger partial charge < -0.3 is 16.0 Å². The van der Waals surface area contributed by atoms with Gasteiger partial charge >= 0.3 is 0 Å². The van der Waals surface area contributed by atoms with Crippen LogP contribution in [0.25, 0.3) is 0 Å². The first-order chi connectivity index (χ1) is 6.15. The van der Waals surface area contributed by atoms with Gasteiger partial charge in [0.1, 0.15) is 0 Å². The molecule has 84 valence electrons. The SMILES string of the molecule is CCC(N)C(=O)N1CCN[C@H](C)C1.Cl. The number of amides is 1. The highest BCUT2D eigenvalue weighted by atomic mass is 35.5. The number of piperazine rings is 1. The molecule has 2 atom stereocenters. The fourth-order valence-electron chi connectivity index (χ4n) is 1.54. The third-order valence-electron chi connectivity index (χ3n) is 2.44. The summed E-state index contributed by atoms with van der Waals surface area (Å²) < 4.78 is 0. The standard InChI is InChI=1S/C9H19N3O.ClH/c1-3-8(10)9(13)12-5-4-11-7(2)6-12;/h7-8,11H,3-6,10H2,1-2H3;1H/t7-,8?;/m1./s1. The van der Waals surface area contributed by atoms with E-state index in [0.717, 1.165) is 26.1 Å². The van der Waals surface area contributed by atoms with Crippen LogP contribution in [-0.4, -0.2) is 42.5 Å². The number of carbonyl (C=O) groups is 1. The van der Waals surface area contributed by atoms with Gasteiger partial charge in [-0.25, -0.2) is 0 Å². The zero-order valence-electron chi connectivity index (χ0n) is 8.82. The minimum atomic E-state index is -0.315.